The molecule has 0 radical (unpaired) electrons. The molecule has 2 aromatic carbocycles. The van der Waals surface area contributed by atoms with Crippen LogP contribution in [0.2, 0.25) is 0 Å². The molecule has 2 rings (SSSR count). The molecule has 156 valence electrons. The molecule has 0 aliphatic carbocycles. The second-order valence-electron chi connectivity index (χ2n) is 7.25. The number of carbonyl (C=O) groups is 2. The normalized spacial score (nSPS) is 12.7. The summed E-state index contributed by atoms with van der Waals surface area (Å²) in [6.07, 6.45) is 0.828. The van der Waals surface area contributed by atoms with E-state index in [2.05, 4.69) is 21.2 Å². The Morgan fingerprint density at radius 2 is 1.86 bits per heavy atom. The van der Waals surface area contributed by atoms with E-state index in [1.165, 1.54) is 0 Å². The molecule has 0 saturated carbocycles. The summed E-state index contributed by atoms with van der Waals surface area (Å²) in [6.45, 7) is 7.88. The number of amides is 2. The fourth-order valence-electron chi connectivity index (χ4n) is 2.81. The molecule has 1 N–H and O–H groups in total. The Kier molecular flexibility index (Phi) is 8.70. The van der Waals surface area contributed by atoms with Crippen molar-refractivity contribution in [3.8, 4) is 5.75 Å². The summed E-state index contributed by atoms with van der Waals surface area (Å²) >= 11 is 3.46. The zero-order chi connectivity index (χ0) is 21.4. The number of ether oxygens (including phenoxy) is 1. The molecule has 29 heavy (non-hydrogen) atoms. The minimum atomic E-state index is -0.614. The molecule has 0 spiro atoms. The minimum Gasteiger partial charge on any atom is -0.484 e. The average Bonchev–Trinajstić information content (AvgIpc) is 2.69. The Morgan fingerprint density at radius 1 is 1.14 bits per heavy atom. The first-order chi connectivity index (χ1) is 13.8. The standard InChI is InChI=1S/C23H29BrN2O3/c1-5-17(3)25-23(28)18(4)26(14-19-9-7-10-20(24)13-19)22(27)15-29-21-11-6-8-16(2)12-21/h6-13,17-18H,5,14-15H2,1-4H3,(H,25,28)/t17-,18-/m1/s1. The summed E-state index contributed by atoms with van der Waals surface area (Å²) in [4.78, 5) is 27.2. The molecule has 2 atom stereocenters. The molecule has 0 heterocycles. The lowest BCUT2D eigenvalue weighted by Gasteiger charge is -2.29. The lowest BCUT2D eigenvalue weighted by molar-refractivity contribution is -0.142. The van der Waals surface area contributed by atoms with Crippen LogP contribution in [-0.4, -0.2) is 35.4 Å². The van der Waals surface area contributed by atoms with Gasteiger partial charge in [-0.25, -0.2) is 0 Å². The molecular weight excluding hydrogens is 432 g/mol. The van der Waals surface area contributed by atoms with E-state index in [1.54, 1.807) is 11.8 Å². The average molecular weight is 461 g/mol. The third kappa shape index (κ3) is 7.20. The van der Waals surface area contributed by atoms with Crippen molar-refractivity contribution >= 4 is 27.7 Å². The first-order valence-corrected chi connectivity index (χ1v) is 10.6. The molecule has 2 aromatic rings. The van der Waals surface area contributed by atoms with Gasteiger partial charge >= 0.3 is 0 Å². The molecule has 0 saturated heterocycles. The quantitative estimate of drug-likeness (QED) is 0.600. The summed E-state index contributed by atoms with van der Waals surface area (Å²) in [7, 11) is 0. The number of benzene rings is 2. The maximum Gasteiger partial charge on any atom is 0.261 e. The summed E-state index contributed by atoms with van der Waals surface area (Å²) in [5.41, 5.74) is 1.99. The molecule has 0 aromatic heterocycles. The van der Waals surface area contributed by atoms with Gasteiger partial charge in [-0.15, -0.1) is 0 Å². The van der Waals surface area contributed by atoms with Crippen LogP contribution < -0.4 is 10.1 Å². The summed E-state index contributed by atoms with van der Waals surface area (Å²) in [5, 5.41) is 2.96. The Morgan fingerprint density at radius 3 is 2.52 bits per heavy atom. The summed E-state index contributed by atoms with van der Waals surface area (Å²) in [5.74, 6) is 0.231. The smallest absolute Gasteiger partial charge is 0.261 e. The van der Waals surface area contributed by atoms with Crippen molar-refractivity contribution in [2.45, 2.75) is 52.7 Å². The molecule has 5 nitrogen and oxygen atoms in total. The van der Waals surface area contributed by atoms with E-state index in [4.69, 9.17) is 4.74 Å². The fraction of sp³-hybridized carbons (Fsp3) is 0.391. The van der Waals surface area contributed by atoms with Crippen LogP contribution in [0.1, 0.15) is 38.3 Å². The third-order valence-electron chi connectivity index (χ3n) is 4.76. The van der Waals surface area contributed by atoms with Crippen LogP contribution in [-0.2, 0) is 16.1 Å². The van der Waals surface area contributed by atoms with Gasteiger partial charge in [0.05, 0.1) is 0 Å². The fourth-order valence-corrected chi connectivity index (χ4v) is 3.26. The Hall–Kier alpha value is -2.34. The van der Waals surface area contributed by atoms with Gasteiger partial charge in [0.2, 0.25) is 5.91 Å². The lowest BCUT2D eigenvalue weighted by atomic mass is 10.1. The molecular formula is C23H29BrN2O3. The zero-order valence-electron chi connectivity index (χ0n) is 17.4. The van der Waals surface area contributed by atoms with E-state index in [9.17, 15) is 9.59 Å². The number of hydrogen-bond donors (Lipinski definition) is 1. The van der Waals surface area contributed by atoms with Crippen LogP contribution in [0.3, 0.4) is 0 Å². The van der Waals surface area contributed by atoms with E-state index >= 15 is 0 Å². The van der Waals surface area contributed by atoms with Crippen LogP contribution in [0.4, 0.5) is 0 Å². The largest absolute Gasteiger partial charge is 0.484 e. The van der Waals surface area contributed by atoms with Crippen molar-refractivity contribution in [1.29, 1.82) is 0 Å². The second kappa shape index (κ2) is 11.0. The first-order valence-electron chi connectivity index (χ1n) is 9.84. The van der Waals surface area contributed by atoms with Crippen molar-refractivity contribution in [3.63, 3.8) is 0 Å². The van der Waals surface area contributed by atoms with E-state index in [1.807, 2.05) is 69.3 Å². The summed E-state index contributed by atoms with van der Waals surface area (Å²) in [6, 6.07) is 14.7. The molecule has 6 heteroatoms. The monoisotopic (exact) mass is 460 g/mol. The van der Waals surface area contributed by atoms with Gasteiger partial charge < -0.3 is 15.0 Å². The predicted molar refractivity (Wildman–Crippen MR) is 119 cm³/mol. The maximum atomic E-state index is 13.0. The lowest BCUT2D eigenvalue weighted by Crippen LogP contribution is -2.50. The van der Waals surface area contributed by atoms with Crippen LogP contribution in [0, 0.1) is 6.92 Å². The van der Waals surface area contributed by atoms with Gasteiger partial charge in [0.25, 0.3) is 5.91 Å². The van der Waals surface area contributed by atoms with E-state index < -0.39 is 6.04 Å². The third-order valence-corrected chi connectivity index (χ3v) is 5.26. The van der Waals surface area contributed by atoms with Gasteiger partial charge in [-0.1, -0.05) is 47.1 Å². The van der Waals surface area contributed by atoms with Crippen LogP contribution in [0.15, 0.2) is 53.0 Å². The van der Waals surface area contributed by atoms with E-state index in [0.717, 1.165) is 22.0 Å². The second-order valence-corrected chi connectivity index (χ2v) is 8.17. The molecule has 2 amide bonds. The molecule has 0 aliphatic rings. The van der Waals surface area contributed by atoms with Crippen molar-refractivity contribution in [2.24, 2.45) is 0 Å². The van der Waals surface area contributed by atoms with Crippen molar-refractivity contribution < 1.29 is 14.3 Å². The minimum absolute atomic E-state index is 0.0521. The molecule has 0 fully saturated rings. The predicted octanol–water partition coefficient (Wildman–Crippen LogP) is 4.47. The Bertz CT molecular complexity index is 840. The van der Waals surface area contributed by atoms with Crippen LogP contribution in [0.5, 0.6) is 5.75 Å². The van der Waals surface area contributed by atoms with Gasteiger partial charge in [0.15, 0.2) is 6.61 Å². The Balaban J connectivity index is 2.15. The van der Waals surface area contributed by atoms with Crippen molar-refractivity contribution in [1.82, 2.24) is 10.2 Å². The SMILES string of the molecule is CC[C@@H](C)NC(=O)[C@@H](C)N(Cc1cccc(Br)c1)C(=O)COc1cccc(C)c1. The van der Waals surface area contributed by atoms with Crippen molar-refractivity contribution in [3.05, 3.63) is 64.1 Å². The number of nitrogens with one attached hydrogen (secondary N) is 1. The number of halogens is 1. The maximum absolute atomic E-state index is 13.0. The van der Waals surface area contributed by atoms with Crippen LogP contribution in [0.25, 0.3) is 0 Å². The van der Waals surface area contributed by atoms with Gasteiger partial charge in [0, 0.05) is 17.1 Å². The van der Waals surface area contributed by atoms with Crippen LogP contribution >= 0.6 is 15.9 Å². The van der Waals surface area contributed by atoms with Gasteiger partial charge in [-0.05, 0) is 62.6 Å². The number of carbonyl (C=O) groups excluding carboxylic acids is 2. The number of hydrogen-bond acceptors (Lipinski definition) is 3. The highest BCUT2D eigenvalue weighted by Gasteiger charge is 2.27. The topological polar surface area (TPSA) is 58.6 Å². The number of aryl methyl sites for hydroxylation is 1. The highest BCUT2D eigenvalue weighted by molar-refractivity contribution is 9.10. The highest BCUT2D eigenvalue weighted by Crippen LogP contribution is 2.17. The molecule has 0 unspecified atom stereocenters. The van der Waals surface area contributed by atoms with Crippen molar-refractivity contribution in [2.75, 3.05) is 6.61 Å². The molecule has 0 bridgehead atoms. The first kappa shape index (κ1) is 22.9. The van der Waals surface area contributed by atoms with Gasteiger partial charge in [-0.3, -0.25) is 9.59 Å². The number of nitrogens with zero attached hydrogens (tertiary/aromatic N) is 1. The Labute approximate surface area is 181 Å². The number of rotatable bonds is 9. The summed E-state index contributed by atoms with van der Waals surface area (Å²) < 4.78 is 6.62. The van der Waals surface area contributed by atoms with Gasteiger partial charge in [0.1, 0.15) is 11.8 Å². The van der Waals surface area contributed by atoms with Gasteiger partial charge in [-0.2, -0.15) is 0 Å². The zero-order valence-corrected chi connectivity index (χ0v) is 19.0. The highest BCUT2D eigenvalue weighted by atomic mass is 79.9. The van der Waals surface area contributed by atoms with E-state index in [0.29, 0.717) is 12.3 Å². The van der Waals surface area contributed by atoms with E-state index in [-0.39, 0.29) is 24.5 Å². The molecule has 0 aliphatic heterocycles.